The number of carbonyl (C=O) groups is 1. The molecule has 1 amide bonds. The maximum Gasteiger partial charge on any atom is 0.249 e. The lowest BCUT2D eigenvalue weighted by Crippen LogP contribution is -2.37. The Balaban J connectivity index is 2.89. The number of hydrogen-bond acceptors (Lipinski definition) is 5. The summed E-state index contributed by atoms with van der Waals surface area (Å²) in [6.45, 7) is 7.81. The summed E-state index contributed by atoms with van der Waals surface area (Å²) in [6.07, 6.45) is 1.55. The predicted molar refractivity (Wildman–Crippen MR) is 70.0 cm³/mol. The number of anilines is 1. The molecule has 0 aliphatic rings. The van der Waals surface area contributed by atoms with E-state index in [-0.39, 0.29) is 18.4 Å². The molecule has 0 saturated heterocycles. The molecule has 0 radical (unpaired) electrons. The highest BCUT2D eigenvalue weighted by atomic mass is 16.2. The second-order valence-corrected chi connectivity index (χ2v) is 4.78. The largest absolute Gasteiger partial charge is 0.329 e. The molecule has 1 aromatic rings. The summed E-state index contributed by atoms with van der Waals surface area (Å²) in [4.78, 5) is 16.2. The van der Waals surface area contributed by atoms with Crippen molar-refractivity contribution in [2.75, 3.05) is 11.9 Å². The fourth-order valence-corrected chi connectivity index (χ4v) is 1.35. The normalized spacial score (nSPS) is 11.4. The molecule has 0 aliphatic heterocycles. The van der Waals surface area contributed by atoms with Crippen molar-refractivity contribution in [3.8, 4) is 0 Å². The van der Waals surface area contributed by atoms with Crippen molar-refractivity contribution < 1.29 is 4.79 Å². The zero-order chi connectivity index (χ0) is 13.8. The van der Waals surface area contributed by atoms with E-state index in [0.29, 0.717) is 0 Å². The Morgan fingerprint density at radius 2 is 1.83 bits per heavy atom. The molecule has 0 aromatic carbocycles. The number of hydrogen-bond donors (Lipinski definition) is 2. The minimum absolute atomic E-state index is 0.196. The molecule has 1 aromatic heterocycles. The van der Waals surface area contributed by atoms with Gasteiger partial charge in [0.05, 0.1) is 16.8 Å². The monoisotopic (exact) mass is 251 g/mol. The summed E-state index contributed by atoms with van der Waals surface area (Å²) < 4.78 is 0. The molecule has 100 valence electrons. The van der Waals surface area contributed by atoms with E-state index in [2.05, 4.69) is 20.5 Å². The van der Waals surface area contributed by atoms with E-state index in [1.54, 1.807) is 13.8 Å². The third-order valence-corrected chi connectivity index (χ3v) is 2.86. The van der Waals surface area contributed by atoms with E-state index < -0.39 is 5.41 Å². The molecule has 0 aliphatic carbocycles. The molecule has 0 atom stereocenters. The average Bonchev–Trinajstić information content (AvgIpc) is 2.38. The summed E-state index contributed by atoms with van der Waals surface area (Å²) in [5.41, 5.74) is 6.64. The second-order valence-electron chi connectivity index (χ2n) is 4.78. The first-order valence-electron chi connectivity index (χ1n) is 6.18. The van der Waals surface area contributed by atoms with Gasteiger partial charge in [-0.1, -0.05) is 13.8 Å². The number of aryl methyl sites for hydroxylation is 2. The van der Waals surface area contributed by atoms with Crippen LogP contribution < -0.4 is 11.1 Å². The van der Waals surface area contributed by atoms with Gasteiger partial charge in [-0.2, -0.15) is 0 Å². The predicted octanol–water partition coefficient (Wildman–Crippen LogP) is 0.920. The number of amides is 1. The molecular formula is C12H21N5O. The summed E-state index contributed by atoms with van der Waals surface area (Å²) >= 11 is 0. The van der Waals surface area contributed by atoms with Crippen LogP contribution in [0.2, 0.25) is 0 Å². The van der Waals surface area contributed by atoms with Gasteiger partial charge in [0.1, 0.15) is 0 Å². The van der Waals surface area contributed by atoms with Crippen LogP contribution in [0.15, 0.2) is 0 Å². The molecule has 1 rings (SSSR count). The quantitative estimate of drug-likeness (QED) is 0.811. The van der Waals surface area contributed by atoms with E-state index >= 15 is 0 Å². The van der Waals surface area contributed by atoms with Crippen molar-refractivity contribution in [3.63, 3.8) is 0 Å². The van der Waals surface area contributed by atoms with Crippen LogP contribution in [0.4, 0.5) is 5.95 Å². The van der Waals surface area contributed by atoms with E-state index in [4.69, 9.17) is 5.73 Å². The third-order valence-electron chi connectivity index (χ3n) is 2.86. The third kappa shape index (κ3) is 3.22. The van der Waals surface area contributed by atoms with Crippen LogP contribution in [0.25, 0.3) is 0 Å². The molecular weight excluding hydrogens is 230 g/mol. The maximum absolute atomic E-state index is 11.9. The van der Waals surface area contributed by atoms with Crippen molar-refractivity contribution in [1.29, 1.82) is 0 Å². The first-order valence-corrected chi connectivity index (χ1v) is 6.18. The highest BCUT2D eigenvalue weighted by Crippen LogP contribution is 2.15. The standard InChI is InChI=1S/C12H21N5O/c1-5-8-9(6-2)16-17-11(14-8)15-10(18)12(3,4)7-13/h5-7,13H2,1-4H3,(H,14,15,17,18). The van der Waals surface area contributed by atoms with Crippen LogP contribution in [0.3, 0.4) is 0 Å². The number of carbonyl (C=O) groups excluding carboxylic acids is 1. The first-order chi connectivity index (χ1) is 8.44. The first kappa shape index (κ1) is 14.5. The summed E-state index contributed by atoms with van der Waals surface area (Å²) in [7, 11) is 0. The minimum atomic E-state index is -0.640. The van der Waals surface area contributed by atoms with Gasteiger partial charge in [-0.25, -0.2) is 4.98 Å². The molecule has 6 nitrogen and oxygen atoms in total. The smallest absolute Gasteiger partial charge is 0.249 e. The zero-order valence-electron chi connectivity index (χ0n) is 11.4. The lowest BCUT2D eigenvalue weighted by Gasteiger charge is -2.20. The molecule has 1 heterocycles. The molecule has 0 bridgehead atoms. The topological polar surface area (TPSA) is 93.8 Å². The van der Waals surface area contributed by atoms with Crippen molar-refractivity contribution in [1.82, 2.24) is 15.2 Å². The van der Waals surface area contributed by atoms with E-state index in [1.807, 2.05) is 13.8 Å². The van der Waals surface area contributed by atoms with Crippen LogP contribution >= 0.6 is 0 Å². The van der Waals surface area contributed by atoms with Crippen LogP contribution in [-0.2, 0) is 17.6 Å². The molecule has 18 heavy (non-hydrogen) atoms. The van der Waals surface area contributed by atoms with Crippen LogP contribution in [0.5, 0.6) is 0 Å². The van der Waals surface area contributed by atoms with Crippen LogP contribution in [0, 0.1) is 5.41 Å². The van der Waals surface area contributed by atoms with Gasteiger partial charge >= 0.3 is 0 Å². The van der Waals surface area contributed by atoms with Crippen molar-refractivity contribution in [2.24, 2.45) is 11.1 Å². The summed E-state index contributed by atoms with van der Waals surface area (Å²) in [5.74, 6) is 0.0497. The number of nitrogens with zero attached hydrogens (tertiary/aromatic N) is 3. The number of nitrogens with one attached hydrogen (secondary N) is 1. The van der Waals surface area contributed by atoms with Gasteiger partial charge in [0.2, 0.25) is 11.9 Å². The molecule has 0 unspecified atom stereocenters. The van der Waals surface area contributed by atoms with Crippen molar-refractivity contribution in [3.05, 3.63) is 11.4 Å². The van der Waals surface area contributed by atoms with Crippen molar-refractivity contribution in [2.45, 2.75) is 40.5 Å². The Hall–Kier alpha value is -1.56. The number of rotatable bonds is 5. The zero-order valence-corrected chi connectivity index (χ0v) is 11.4. The second kappa shape index (κ2) is 5.86. The Kier molecular flexibility index (Phi) is 4.72. The van der Waals surface area contributed by atoms with Crippen LogP contribution in [-0.4, -0.2) is 27.6 Å². The average molecular weight is 251 g/mol. The Labute approximate surface area is 107 Å². The molecule has 6 heteroatoms. The van der Waals surface area contributed by atoms with Gasteiger partial charge < -0.3 is 5.73 Å². The van der Waals surface area contributed by atoms with Crippen molar-refractivity contribution >= 4 is 11.9 Å². The molecule has 0 spiro atoms. The van der Waals surface area contributed by atoms with Gasteiger partial charge in [0, 0.05) is 6.54 Å². The summed E-state index contributed by atoms with van der Waals surface area (Å²) in [6, 6.07) is 0. The van der Waals surface area contributed by atoms with E-state index in [1.165, 1.54) is 0 Å². The highest BCUT2D eigenvalue weighted by molar-refractivity contribution is 5.93. The Morgan fingerprint density at radius 3 is 2.33 bits per heavy atom. The lowest BCUT2D eigenvalue weighted by atomic mass is 9.93. The van der Waals surface area contributed by atoms with E-state index in [9.17, 15) is 4.79 Å². The van der Waals surface area contributed by atoms with Gasteiger partial charge in [-0.05, 0) is 26.7 Å². The van der Waals surface area contributed by atoms with Gasteiger partial charge in [-0.15, -0.1) is 10.2 Å². The maximum atomic E-state index is 11.9. The molecule has 0 fully saturated rings. The van der Waals surface area contributed by atoms with Crippen LogP contribution in [0.1, 0.15) is 39.1 Å². The van der Waals surface area contributed by atoms with Gasteiger partial charge in [0.25, 0.3) is 0 Å². The summed E-state index contributed by atoms with van der Waals surface area (Å²) in [5, 5.41) is 10.6. The fraction of sp³-hybridized carbons (Fsp3) is 0.667. The fourth-order valence-electron chi connectivity index (χ4n) is 1.35. The highest BCUT2D eigenvalue weighted by Gasteiger charge is 2.26. The number of aromatic nitrogens is 3. The van der Waals surface area contributed by atoms with Gasteiger partial charge in [-0.3, -0.25) is 10.1 Å². The van der Waals surface area contributed by atoms with E-state index in [0.717, 1.165) is 24.2 Å². The number of nitrogens with two attached hydrogens (primary N) is 1. The SMILES string of the molecule is CCc1nnc(NC(=O)C(C)(C)CN)nc1CC. The lowest BCUT2D eigenvalue weighted by molar-refractivity contribution is -0.123. The Morgan fingerprint density at radius 1 is 1.22 bits per heavy atom. The minimum Gasteiger partial charge on any atom is -0.329 e. The molecule has 3 N–H and O–H groups in total. The van der Waals surface area contributed by atoms with Gasteiger partial charge in [0.15, 0.2) is 0 Å². The Bertz CT molecular complexity index is 430. The molecule has 0 saturated carbocycles.